The fourth-order valence-corrected chi connectivity index (χ4v) is 6.57. The minimum Gasteiger partial charge on any atom is -0.444 e. The van der Waals surface area contributed by atoms with Gasteiger partial charge in [-0.1, -0.05) is 36.4 Å². The molecule has 6 rings (SSSR count). The summed E-state index contributed by atoms with van der Waals surface area (Å²) in [5.74, 6) is -1.37. The van der Waals surface area contributed by atoms with Gasteiger partial charge < -0.3 is 26.0 Å². The number of carbonyl (C=O) groups excluding carboxylic acids is 4. The number of amides is 4. The van der Waals surface area contributed by atoms with Crippen molar-refractivity contribution in [2.45, 2.75) is 77.4 Å². The topological polar surface area (TPSA) is 180 Å². The number of nitrogens with one attached hydrogen (secondary N) is 5. The van der Waals surface area contributed by atoms with Gasteiger partial charge >= 0.3 is 6.09 Å². The molecule has 1 aromatic heterocycles. The molecule has 0 saturated heterocycles. The number of nitrogens with zero attached hydrogens (tertiary/aromatic N) is 3. The Morgan fingerprint density at radius 1 is 0.962 bits per heavy atom. The van der Waals surface area contributed by atoms with Crippen LogP contribution < -0.4 is 21.3 Å². The number of benzene rings is 3. The number of ether oxygens (including phenoxy) is 1. The van der Waals surface area contributed by atoms with Crippen LogP contribution >= 0.6 is 0 Å². The normalized spacial score (nSPS) is 17.7. The molecular formula is C38H43FN8O5. The minimum absolute atomic E-state index is 0.000252. The first kappa shape index (κ1) is 36.1. The highest BCUT2D eigenvalue weighted by molar-refractivity contribution is 5.98. The van der Waals surface area contributed by atoms with Crippen molar-refractivity contribution < 1.29 is 28.3 Å². The molecule has 2 heterocycles. The zero-order chi connectivity index (χ0) is 36.8. The van der Waals surface area contributed by atoms with Gasteiger partial charge in [0, 0.05) is 36.7 Å². The van der Waals surface area contributed by atoms with Gasteiger partial charge in [0.25, 0.3) is 0 Å². The van der Waals surface area contributed by atoms with Crippen LogP contribution in [0.3, 0.4) is 0 Å². The van der Waals surface area contributed by atoms with Crippen LogP contribution in [0.15, 0.2) is 60.7 Å². The number of tetrazole rings is 1. The molecule has 52 heavy (non-hydrogen) atoms. The Hall–Kier alpha value is -5.66. The van der Waals surface area contributed by atoms with Crippen LogP contribution in [0.1, 0.15) is 64.0 Å². The molecule has 1 unspecified atom stereocenters. The molecule has 1 aliphatic heterocycles. The van der Waals surface area contributed by atoms with Gasteiger partial charge in [0.1, 0.15) is 17.5 Å². The van der Waals surface area contributed by atoms with Crippen LogP contribution in [-0.2, 0) is 32.0 Å². The van der Waals surface area contributed by atoms with E-state index in [4.69, 9.17) is 4.74 Å². The number of halogens is 1. The number of aryl methyl sites for hydroxylation is 1. The summed E-state index contributed by atoms with van der Waals surface area (Å²) < 4.78 is 20.3. The van der Waals surface area contributed by atoms with E-state index in [0.717, 1.165) is 40.8 Å². The molecule has 0 spiro atoms. The number of aromatic amines is 1. The Kier molecular flexibility index (Phi) is 10.9. The predicted molar refractivity (Wildman–Crippen MR) is 192 cm³/mol. The highest BCUT2D eigenvalue weighted by atomic mass is 19.1. The van der Waals surface area contributed by atoms with Gasteiger partial charge in [0.05, 0.1) is 5.56 Å². The summed E-state index contributed by atoms with van der Waals surface area (Å²) in [6, 6.07) is 16.9. The summed E-state index contributed by atoms with van der Waals surface area (Å²) in [5, 5.41) is 24.9. The number of alkyl carbamates (subject to hydrolysis) is 1. The van der Waals surface area contributed by atoms with Crippen LogP contribution in [0.2, 0.25) is 0 Å². The number of carbonyl (C=O) groups is 4. The number of fused-ring (bicyclic) bond motifs is 1. The summed E-state index contributed by atoms with van der Waals surface area (Å²) in [4.78, 5) is 51.4. The van der Waals surface area contributed by atoms with Crippen molar-refractivity contribution >= 4 is 35.2 Å². The molecule has 4 amide bonds. The molecule has 272 valence electrons. The standard InChI is InChI=1S/C38H43FN8O5/c1-38(2,3)52-37(51)40-21-23-6-10-26(11-7-23)35(49)43-32(36(50)41-28-15-16-29(30(39)20-28)34-44-46-47-45-34)18-22-4-8-24(9-5-22)27-13-12-25-14-17-33(48)42-31(25)19-27/h4-5,8-9,12-13,15-16,19-20,23,26,32H,6-7,10-11,14,17-18,21H2,1-3H3,(H,40,51)(H,41,50)(H,42,48)(H,43,49)(H,44,45,46,47). The van der Waals surface area contributed by atoms with Crippen LogP contribution in [-0.4, -0.2) is 62.6 Å². The summed E-state index contributed by atoms with van der Waals surface area (Å²) in [7, 11) is 0. The van der Waals surface area contributed by atoms with Crippen molar-refractivity contribution in [3.05, 3.63) is 77.6 Å². The van der Waals surface area contributed by atoms with Crippen LogP contribution in [0.4, 0.5) is 20.6 Å². The molecule has 14 heteroatoms. The van der Waals surface area contributed by atoms with Gasteiger partial charge in [-0.05, 0) is 111 Å². The Labute approximate surface area is 300 Å². The molecule has 1 fully saturated rings. The van der Waals surface area contributed by atoms with E-state index in [1.807, 2.05) is 63.2 Å². The highest BCUT2D eigenvalue weighted by Gasteiger charge is 2.30. The molecule has 0 radical (unpaired) electrons. The fraction of sp³-hybridized carbons (Fsp3) is 0.395. The largest absolute Gasteiger partial charge is 0.444 e. The van der Waals surface area contributed by atoms with Crippen molar-refractivity contribution in [2.24, 2.45) is 11.8 Å². The Balaban J connectivity index is 1.13. The molecule has 1 aliphatic carbocycles. The average Bonchev–Trinajstić information content (AvgIpc) is 3.65. The zero-order valence-electron chi connectivity index (χ0n) is 29.4. The monoisotopic (exact) mass is 710 g/mol. The van der Waals surface area contributed by atoms with Gasteiger partial charge in [-0.15, -0.1) is 10.2 Å². The maximum absolute atomic E-state index is 15.0. The number of hydrogen-bond donors (Lipinski definition) is 5. The highest BCUT2D eigenvalue weighted by Crippen LogP contribution is 2.31. The van der Waals surface area contributed by atoms with E-state index in [1.54, 1.807) is 0 Å². The van der Waals surface area contributed by atoms with Crippen molar-refractivity contribution in [1.29, 1.82) is 0 Å². The molecule has 2 aliphatic rings. The third kappa shape index (κ3) is 9.36. The van der Waals surface area contributed by atoms with Crippen molar-refractivity contribution in [3.63, 3.8) is 0 Å². The van der Waals surface area contributed by atoms with E-state index in [0.29, 0.717) is 32.2 Å². The lowest BCUT2D eigenvalue weighted by Gasteiger charge is -2.29. The third-order valence-corrected chi connectivity index (χ3v) is 9.34. The van der Waals surface area contributed by atoms with E-state index < -0.39 is 29.5 Å². The molecule has 13 nitrogen and oxygen atoms in total. The average molecular weight is 711 g/mol. The second kappa shape index (κ2) is 15.7. The van der Waals surface area contributed by atoms with E-state index in [1.165, 1.54) is 18.2 Å². The van der Waals surface area contributed by atoms with E-state index in [2.05, 4.69) is 41.9 Å². The molecule has 4 aromatic rings. The van der Waals surface area contributed by atoms with Crippen molar-refractivity contribution in [3.8, 4) is 22.5 Å². The SMILES string of the molecule is CC(C)(C)OC(=O)NCC1CCC(C(=O)NC(Cc2ccc(-c3ccc4c(c3)NC(=O)CC4)cc2)C(=O)Nc2ccc(-c3nn[nH]n3)c(F)c2)CC1. The summed E-state index contributed by atoms with van der Waals surface area (Å²) >= 11 is 0. The van der Waals surface area contributed by atoms with Crippen LogP contribution in [0, 0.1) is 17.7 Å². The lowest BCUT2D eigenvalue weighted by atomic mass is 9.81. The number of aromatic nitrogens is 4. The molecule has 1 atom stereocenters. The number of hydrogen-bond acceptors (Lipinski definition) is 8. The van der Waals surface area contributed by atoms with Gasteiger partial charge in [0.15, 0.2) is 0 Å². The van der Waals surface area contributed by atoms with Gasteiger partial charge in [-0.25, -0.2) is 9.18 Å². The quantitative estimate of drug-likeness (QED) is 0.142. The maximum atomic E-state index is 15.0. The number of H-pyrrole nitrogens is 1. The summed E-state index contributed by atoms with van der Waals surface area (Å²) in [6.45, 7) is 5.89. The minimum atomic E-state index is -0.955. The smallest absolute Gasteiger partial charge is 0.407 e. The molecule has 1 saturated carbocycles. The number of rotatable bonds is 10. The summed E-state index contributed by atoms with van der Waals surface area (Å²) in [5.41, 5.74) is 4.35. The van der Waals surface area contributed by atoms with Gasteiger partial charge in [-0.2, -0.15) is 5.21 Å². The molecular weight excluding hydrogens is 667 g/mol. The van der Waals surface area contributed by atoms with Gasteiger partial charge in [0.2, 0.25) is 23.5 Å². The van der Waals surface area contributed by atoms with E-state index in [9.17, 15) is 23.6 Å². The first-order valence-corrected chi connectivity index (χ1v) is 17.5. The van der Waals surface area contributed by atoms with Crippen molar-refractivity contribution in [2.75, 3.05) is 17.2 Å². The first-order valence-electron chi connectivity index (χ1n) is 17.5. The van der Waals surface area contributed by atoms with Gasteiger partial charge in [-0.3, -0.25) is 14.4 Å². The lowest BCUT2D eigenvalue weighted by Crippen LogP contribution is -2.48. The Morgan fingerprint density at radius 2 is 1.71 bits per heavy atom. The van der Waals surface area contributed by atoms with E-state index >= 15 is 0 Å². The first-order chi connectivity index (χ1) is 24.9. The molecule has 5 N–H and O–H groups in total. The maximum Gasteiger partial charge on any atom is 0.407 e. The Morgan fingerprint density at radius 3 is 2.40 bits per heavy atom. The van der Waals surface area contributed by atoms with Crippen LogP contribution in [0.5, 0.6) is 0 Å². The molecule has 3 aromatic carbocycles. The third-order valence-electron chi connectivity index (χ3n) is 9.34. The van der Waals surface area contributed by atoms with Crippen LogP contribution in [0.25, 0.3) is 22.5 Å². The summed E-state index contributed by atoms with van der Waals surface area (Å²) in [6.07, 6.45) is 3.61. The zero-order valence-corrected chi connectivity index (χ0v) is 29.4. The number of anilines is 2. The lowest BCUT2D eigenvalue weighted by molar-refractivity contribution is -0.130. The second-order valence-electron chi connectivity index (χ2n) is 14.4. The van der Waals surface area contributed by atoms with Crippen molar-refractivity contribution in [1.82, 2.24) is 31.3 Å². The fourth-order valence-electron chi connectivity index (χ4n) is 6.57. The Bertz CT molecular complexity index is 1920. The second-order valence-corrected chi connectivity index (χ2v) is 14.4. The predicted octanol–water partition coefficient (Wildman–Crippen LogP) is 5.55. The molecule has 0 bridgehead atoms. The van der Waals surface area contributed by atoms with E-state index in [-0.39, 0.29) is 47.1 Å².